The third kappa shape index (κ3) is 5.21. The SMILES string of the molecule is CCOc1ccc(C(C)CC(O)C(N)CC)cc1OCC. The van der Waals surface area contributed by atoms with Crippen LogP contribution in [0.5, 0.6) is 11.5 Å². The van der Waals surface area contributed by atoms with Crippen LogP contribution in [0, 0.1) is 0 Å². The summed E-state index contributed by atoms with van der Waals surface area (Å²) < 4.78 is 11.2. The largest absolute Gasteiger partial charge is 0.490 e. The minimum absolute atomic E-state index is 0.165. The summed E-state index contributed by atoms with van der Waals surface area (Å²) in [6.07, 6.45) is 0.947. The Morgan fingerprint density at radius 3 is 2.29 bits per heavy atom. The van der Waals surface area contributed by atoms with Crippen molar-refractivity contribution in [2.75, 3.05) is 13.2 Å². The van der Waals surface area contributed by atoms with Crippen molar-refractivity contribution in [1.82, 2.24) is 0 Å². The Labute approximate surface area is 128 Å². The number of aliphatic hydroxyl groups excluding tert-OH is 1. The van der Waals surface area contributed by atoms with Gasteiger partial charge in [0.25, 0.3) is 0 Å². The second kappa shape index (κ2) is 8.90. The number of hydrogen-bond donors (Lipinski definition) is 2. The third-order valence-corrected chi connectivity index (χ3v) is 3.70. The molecule has 1 rings (SSSR count). The average molecular weight is 295 g/mol. The summed E-state index contributed by atoms with van der Waals surface area (Å²) in [6, 6.07) is 5.81. The molecule has 0 fully saturated rings. The van der Waals surface area contributed by atoms with Crippen molar-refractivity contribution in [2.24, 2.45) is 5.73 Å². The minimum Gasteiger partial charge on any atom is -0.490 e. The summed E-state index contributed by atoms with van der Waals surface area (Å²) in [7, 11) is 0. The summed E-state index contributed by atoms with van der Waals surface area (Å²) in [5, 5.41) is 10.1. The third-order valence-electron chi connectivity index (χ3n) is 3.70. The van der Waals surface area contributed by atoms with Crippen LogP contribution in [-0.4, -0.2) is 30.5 Å². The quantitative estimate of drug-likeness (QED) is 0.735. The molecule has 1 aromatic rings. The van der Waals surface area contributed by atoms with Gasteiger partial charge in [0.05, 0.1) is 19.3 Å². The van der Waals surface area contributed by atoms with E-state index in [4.69, 9.17) is 15.2 Å². The highest BCUT2D eigenvalue weighted by atomic mass is 16.5. The monoisotopic (exact) mass is 295 g/mol. The van der Waals surface area contributed by atoms with Crippen LogP contribution in [0.4, 0.5) is 0 Å². The van der Waals surface area contributed by atoms with Gasteiger partial charge in [0.15, 0.2) is 11.5 Å². The molecular formula is C17H29NO3. The second-order valence-corrected chi connectivity index (χ2v) is 5.35. The molecular weight excluding hydrogens is 266 g/mol. The van der Waals surface area contributed by atoms with Gasteiger partial charge in [0.2, 0.25) is 0 Å². The molecule has 0 aliphatic heterocycles. The molecule has 0 amide bonds. The fraction of sp³-hybridized carbons (Fsp3) is 0.647. The first-order valence-corrected chi connectivity index (χ1v) is 7.86. The highest BCUT2D eigenvalue weighted by molar-refractivity contribution is 5.44. The molecule has 0 aliphatic rings. The molecule has 0 spiro atoms. The standard InChI is InChI=1S/C17H29NO3/c1-5-14(18)15(19)10-12(4)13-8-9-16(20-6-2)17(11-13)21-7-3/h8-9,11-12,14-15,19H,5-7,10,18H2,1-4H3. The zero-order chi connectivity index (χ0) is 15.8. The second-order valence-electron chi connectivity index (χ2n) is 5.35. The van der Waals surface area contributed by atoms with E-state index in [2.05, 4.69) is 6.92 Å². The molecule has 0 heterocycles. The predicted octanol–water partition coefficient (Wildman–Crippen LogP) is 3.08. The molecule has 3 unspecified atom stereocenters. The lowest BCUT2D eigenvalue weighted by Gasteiger charge is -2.22. The van der Waals surface area contributed by atoms with E-state index in [0.717, 1.165) is 23.5 Å². The average Bonchev–Trinajstić information content (AvgIpc) is 2.48. The highest BCUT2D eigenvalue weighted by Gasteiger charge is 2.18. The van der Waals surface area contributed by atoms with Crippen LogP contribution in [0.15, 0.2) is 18.2 Å². The maximum atomic E-state index is 10.1. The first kappa shape index (κ1) is 17.8. The van der Waals surface area contributed by atoms with Crippen molar-refractivity contribution in [1.29, 1.82) is 0 Å². The Morgan fingerprint density at radius 2 is 1.71 bits per heavy atom. The van der Waals surface area contributed by atoms with E-state index in [-0.39, 0.29) is 12.0 Å². The Morgan fingerprint density at radius 1 is 1.10 bits per heavy atom. The molecule has 0 radical (unpaired) electrons. The zero-order valence-corrected chi connectivity index (χ0v) is 13.6. The lowest BCUT2D eigenvalue weighted by Crippen LogP contribution is -2.34. The molecule has 120 valence electrons. The maximum absolute atomic E-state index is 10.1. The lowest BCUT2D eigenvalue weighted by molar-refractivity contribution is 0.126. The van der Waals surface area contributed by atoms with Crippen LogP contribution in [0.3, 0.4) is 0 Å². The smallest absolute Gasteiger partial charge is 0.161 e. The van der Waals surface area contributed by atoms with Crippen molar-refractivity contribution < 1.29 is 14.6 Å². The number of ether oxygens (including phenoxy) is 2. The van der Waals surface area contributed by atoms with Crippen molar-refractivity contribution in [3.63, 3.8) is 0 Å². The van der Waals surface area contributed by atoms with Crippen LogP contribution >= 0.6 is 0 Å². The van der Waals surface area contributed by atoms with E-state index in [9.17, 15) is 5.11 Å². The number of nitrogens with two attached hydrogens (primary N) is 1. The summed E-state index contributed by atoms with van der Waals surface area (Å²) in [4.78, 5) is 0. The topological polar surface area (TPSA) is 64.7 Å². The normalized spacial score (nSPS) is 15.3. The van der Waals surface area contributed by atoms with Crippen molar-refractivity contribution in [2.45, 2.75) is 58.6 Å². The Kier molecular flexibility index (Phi) is 7.54. The number of rotatable bonds is 9. The van der Waals surface area contributed by atoms with Gasteiger partial charge in [-0.1, -0.05) is 19.9 Å². The first-order valence-electron chi connectivity index (χ1n) is 7.86. The zero-order valence-electron chi connectivity index (χ0n) is 13.6. The van der Waals surface area contributed by atoms with E-state index in [1.807, 2.05) is 39.0 Å². The Balaban J connectivity index is 2.84. The summed E-state index contributed by atoms with van der Waals surface area (Å²) in [5.41, 5.74) is 7.02. The molecule has 3 atom stereocenters. The fourth-order valence-electron chi connectivity index (χ4n) is 2.32. The van der Waals surface area contributed by atoms with Crippen LogP contribution in [0.1, 0.15) is 52.0 Å². The van der Waals surface area contributed by atoms with Gasteiger partial charge in [-0.25, -0.2) is 0 Å². The maximum Gasteiger partial charge on any atom is 0.161 e. The van der Waals surface area contributed by atoms with Crippen molar-refractivity contribution in [3.8, 4) is 11.5 Å². The molecule has 0 saturated carbocycles. The Bertz CT molecular complexity index is 422. The van der Waals surface area contributed by atoms with Gasteiger partial charge in [0, 0.05) is 6.04 Å². The number of benzene rings is 1. The molecule has 3 N–H and O–H groups in total. The van der Waals surface area contributed by atoms with E-state index in [1.165, 1.54) is 0 Å². The number of aliphatic hydroxyl groups is 1. The minimum atomic E-state index is -0.480. The predicted molar refractivity (Wildman–Crippen MR) is 86.1 cm³/mol. The van der Waals surface area contributed by atoms with Crippen LogP contribution in [-0.2, 0) is 0 Å². The molecule has 21 heavy (non-hydrogen) atoms. The van der Waals surface area contributed by atoms with Gasteiger partial charge in [0.1, 0.15) is 0 Å². The van der Waals surface area contributed by atoms with Gasteiger partial charge in [-0.2, -0.15) is 0 Å². The first-order chi connectivity index (χ1) is 10.0. The van der Waals surface area contributed by atoms with E-state index < -0.39 is 6.10 Å². The van der Waals surface area contributed by atoms with Gasteiger partial charge >= 0.3 is 0 Å². The molecule has 4 nitrogen and oxygen atoms in total. The van der Waals surface area contributed by atoms with Gasteiger partial charge < -0.3 is 20.3 Å². The van der Waals surface area contributed by atoms with Crippen LogP contribution < -0.4 is 15.2 Å². The molecule has 0 aliphatic carbocycles. The summed E-state index contributed by atoms with van der Waals surface area (Å²) in [6.45, 7) is 9.20. The molecule has 0 saturated heterocycles. The molecule has 0 aromatic heterocycles. The van der Waals surface area contributed by atoms with Crippen molar-refractivity contribution >= 4 is 0 Å². The molecule has 1 aromatic carbocycles. The van der Waals surface area contributed by atoms with E-state index in [1.54, 1.807) is 0 Å². The van der Waals surface area contributed by atoms with Gasteiger partial charge in [-0.05, 0) is 50.3 Å². The summed E-state index contributed by atoms with van der Waals surface area (Å²) in [5.74, 6) is 1.74. The molecule has 0 bridgehead atoms. The Hall–Kier alpha value is -1.26. The summed E-state index contributed by atoms with van der Waals surface area (Å²) >= 11 is 0. The van der Waals surface area contributed by atoms with E-state index in [0.29, 0.717) is 19.6 Å². The van der Waals surface area contributed by atoms with Crippen molar-refractivity contribution in [3.05, 3.63) is 23.8 Å². The fourth-order valence-corrected chi connectivity index (χ4v) is 2.32. The lowest BCUT2D eigenvalue weighted by atomic mass is 9.91. The highest BCUT2D eigenvalue weighted by Crippen LogP contribution is 2.32. The van der Waals surface area contributed by atoms with Gasteiger partial charge in [-0.15, -0.1) is 0 Å². The van der Waals surface area contributed by atoms with E-state index >= 15 is 0 Å². The number of hydrogen-bond acceptors (Lipinski definition) is 4. The molecule has 4 heteroatoms. The van der Waals surface area contributed by atoms with Crippen LogP contribution in [0.25, 0.3) is 0 Å². The van der Waals surface area contributed by atoms with Gasteiger partial charge in [-0.3, -0.25) is 0 Å². The van der Waals surface area contributed by atoms with Crippen LogP contribution in [0.2, 0.25) is 0 Å².